The molecule has 4 nitrogen and oxygen atoms in total. The molecule has 0 aliphatic rings. The summed E-state index contributed by atoms with van der Waals surface area (Å²) < 4.78 is 5.23. The van der Waals surface area contributed by atoms with E-state index in [2.05, 4.69) is 4.98 Å². The van der Waals surface area contributed by atoms with Gasteiger partial charge in [0, 0.05) is 23.7 Å². The van der Waals surface area contributed by atoms with Crippen molar-refractivity contribution in [3.63, 3.8) is 0 Å². The summed E-state index contributed by atoms with van der Waals surface area (Å²) in [7, 11) is 0. The Morgan fingerprint density at radius 3 is 3.00 bits per heavy atom. The molecule has 15 heavy (non-hydrogen) atoms. The second-order valence-corrected chi connectivity index (χ2v) is 3.12. The summed E-state index contributed by atoms with van der Waals surface area (Å²) in [5.41, 5.74) is 0.718. The number of aromatic amines is 1. The van der Waals surface area contributed by atoms with Crippen molar-refractivity contribution >= 4 is 10.9 Å². The van der Waals surface area contributed by atoms with E-state index in [0.717, 1.165) is 5.52 Å². The van der Waals surface area contributed by atoms with Crippen LogP contribution in [0.3, 0.4) is 0 Å². The van der Waals surface area contributed by atoms with Crippen LogP contribution in [-0.4, -0.2) is 23.3 Å². The number of benzene rings is 1. The van der Waals surface area contributed by atoms with Gasteiger partial charge >= 0.3 is 0 Å². The summed E-state index contributed by atoms with van der Waals surface area (Å²) in [5, 5.41) is 9.24. The summed E-state index contributed by atoms with van der Waals surface area (Å²) >= 11 is 0. The summed E-state index contributed by atoms with van der Waals surface area (Å²) in [6, 6.07) is 6.65. The van der Waals surface area contributed by atoms with Gasteiger partial charge in [0.1, 0.15) is 12.4 Å². The molecule has 1 heterocycles. The zero-order valence-electron chi connectivity index (χ0n) is 8.06. The number of nitrogens with one attached hydrogen (secondary N) is 1. The first kappa shape index (κ1) is 9.73. The number of pyridine rings is 1. The van der Waals surface area contributed by atoms with Crippen molar-refractivity contribution in [3.05, 3.63) is 40.7 Å². The fraction of sp³-hybridized carbons (Fsp3) is 0.182. The molecule has 2 N–H and O–H groups in total. The fourth-order valence-corrected chi connectivity index (χ4v) is 1.41. The van der Waals surface area contributed by atoms with Gasteiger partial charge in [0.15, 0.2) is 5.43 Å². The molecule has 0 saturated carbocycles. The minimum Gasteiger partial charge on any atom is -0.491 e. The van der Waals surface area contributed by atoms with Crippen LogP contribution < -0.4 is 10.2 Å². The highest BCUT2D eigenvalue weighted by Gasteiger charge is 1.99. The molecule has 0 unspecified atom stereocenters. The third kappa shape index (κ3) is 1.99. The third-order valence-corrected chi connectivity index (χ3v) is 2.09. The van der Waals surface area contributed by atoms with Crippen LogP contribution in [0.5, 0.6) is 5.75 Å². The average Bonchev–Trinajstić information content (AvgIpc) is 2.26. The zero-order valence-corrected chi connectivity index (χ0v) is 8.06. The molecule has 0 radical (unpaired) electrons. The zero-order chi connectivity index (χ0) is 10.7. The van der Waals surface area contributed by atoms with E-state index < -0.39 is 0 Å². The smallest absolute Gasteiger partial charge is 0.189 e. The molecule has 1 aromatic heterocycles. The lowest BCUT2D eigenvalue weighted by Crippen LogP contribution is -2.03. The van der Waals surface area contributed by atoms with Crippen LogP contribution in [0, 0.1) is 0 Å². The largest absolute Gasteiger partial charge is 0.491 e. The van der Waals surface area contributed by atoms with E-state index in [4.69, 9.17) is 9.84 Å². The summed E-state index contributed by atoms with van der Waals surface area (Å²) in [5.74, 6) is 0.637. The highest BCUT2D eigenvalue weighted by atomic mass is 16.5. The maximum atomic E-state index is 11.4. The van der Waals surface area contributed by atoms with Crippen LogP contribution in [0.25, 0.3) is 10.9 Å². The Balaban J connectivity index is 2.43. The molecule has 2 rings (SSSR count). The Morgan fingerprint density at radius 1 is 1.33 bits per heavy atom. The summed E-state index contributed by atoms with van der Waals surface area (Å²) in [4.78, 5) is 14.4. The van der Waals surface area contributed by atoms with Crippen LogP contribution in [0.4, 0.5) is 0 Å². The highest BCUT2D eigenvalue weighted by molar-refractivity contribution is 5.79. The number of aliphatic hydroxyl groups excluding tert-OH is 1. The van der Waals surface area contributed by atoms with Gasteiger partial charge in [0.2, 0.25) is 0 Å². The van der Waals surface area contributed by atoms with Crippen molar-refractivity contribution in [2.24, 2.45) is 0 Å². The number of fused-ring (bicyclic) bond motifs is 1. The Hall–Kier alpha value is -1.81. The lowest BCUT2D eigenvalue weighted by molar-refractivity contribution is 0.201. The van der Waals surface area contributed by atoms with Crippen LogP contribution in [0.15, 0.2) is 35.3 Å². The Bertz CT molecular complexity index is 518. The maximum Gasteiger partial charge on any atom is 0.189 e. The molecular weight excluding hydrogens is 194 g/mol. The van der Waals surface area contributed by atoms with Gasteiger partial charge in [-0.25, -0.2) is 0 Å². The second kappa shape index (κ2) is 4.14. The maximum absolute atomic E-state index is 11.4. The normalized spacial score (nSPS) is 10.5. The van der Waals surface area contributed by atoms with E-state index in [1.165, 1.54) is 6.07 Å². The number of ether oxygens (including phenoxy) is 1. The summed E-state index contributed by atoms with van der Waals surface area (Å²) in [6.07, 6.45) is 1.60. The van der Waals surface area contributed by atoms with E-state index >= 15 is 0 Å². The molecule has 78 valence electrons. The van der Waals surface area contributed by atoms with Gasteiger partial charge in [-0.2, -0.15) is 0 Å². The van der Waals surface area contributed by atoms with E-state index in [1.807, 2.05) is 0 Å². The van der Waals surface area contributed by atoms with Gasteiger partial charge in [-0.05, 0) is 12.1 Å². The van der Waals surface area contributed by atoms with E-state index in [9.17, 15) is 4.79 Å². The van der Waals surface area contributed by atoms with Gasteiger partial charge in [-0.3, -0.25) is 4.79 Å². The van der Waals surface area contributed by atoms with Crippen LogP contribution >= 0.6 is 0 Å². The molecule has 2 aromatic rings. The molecule has 0 aliphatic heterocycles. The number of rotatable bonds is 3. The minimum atomic E-state index is -0.0245. The molecule has 0 saturated heterocycles. The first-order valence-electron chi connectivity index (χ1n) is 4.66. The number of hydrogen-bond donors (Lipinski definition) is 2. The molecule has 0 atom stereocenters. The highest BCUT2D eigenvalue weighted by Crippen LogP contribution is 2.16. The predicted octanol–water partition coefficient (Wildman–Crippen LogP) is 0.899. The monoisotopic (exact) mass is 205 g/mol. The standard InChI is InChI=1S/C11H11NO3/c13-5-6-15-8-1-2-9-10(7-8)12-4-3-11(9)14/h1-4,7,13H,5-6H2,(H,12,14). The first-order valence-corrected chi connectivity index (χ1v) is 4.66. The molecule has 0 amide bonds. The van der Waals surface area contributed by atoms with Gasteiger partial charge in [0.05, 0.1) is 12.1 Å². The van der Waals surface area contributed by atoms with Crippen LogP contribution in [0.1, 0.15) is 0 Å². The van der Waals surface area contributed by atoms with Crippen LogP contribution in [0.2, 0.25) is 0 Å². The molecule has 1 aromatic carbocycles. The quantitative estimate of drug-likeness (QED) is 0.782. The van der Waals surface area contributed by atoms with E-state index in [-0.39, 0.29) is 18.6 Å². The van der Waals surface area contributed by atoms with Gasteiger partial charge in [-0.1, -0.05) is 0 Å². The molecule has 4 heteroatoms. The molecule has 0 bridgehead atoms. The van der Waals surface area contributed by atoms with Crippen molar-refractivity contribution in [1.29, 1.82) is 0 Å². The predicted molar refractivity (Wildman–Crippen MR) is 57.1 cm³/mol. The van der Waals surface area contributed by atoms with Crippen LogP contribution in [-0.2, 0) is 0 Å². The first-order chi connectivity index (χ1) is 7.31. The Morgan fingerprint density at radius 2 is 2.20 bits per heavy atom. The second-order valence-electron chi connectivity index (χ2n) is 3.12. The van der Waals surface area contributed by atoms with Crippen molar-refractivity contribution in [1.82, 2.24) is 4.98 Å². The topological polar surface area (TPSA) is 62.3 Å². The molecular formula is C11H11NO3. The third-order valence-electron chi connectivity index (χ3n) is 2.09. The number of aliphatic hydroxyl groups is 1. The van der Waals surface area contributed by atoms with E-state index in [0.29, 0.717) is 11.1 Å². The van der Waals surface area contributed by atoms with Gasteiger partial charge < -0.3 is 14.8 Å². The van der Waals surface area contributed by atoms with Crippen molar-refractivity contribution < 1.29 is 9.84 Å². The molecule has 0 aliphatic carbocycles. The van der Waals surface area contributed by atoms with Crippen molar-refractivity contribution in [2.75, 3.05) is 13.2 Å². The van der Waals surface area contributed by atoms with Gasteiger partial charge in [-0.15, -0.1) is 0 Å². The SMILES string of the molecule is O=c1cc[nH]c2cc(OCCO)ccc12. The van der Waals surface area contributed by atoms with Crippen molar-refractivity contribution in [2.45, 2.75) is 0 Å². The lowest BCUT2D eigenvalue weighted by atomic mass is 10.2. The molecule has 0 spiro atoms. The Kier molecular flexibility index (Phi) is 2.69. The van der Waals surface area contributed by atoms with Crippen molar-refractivity contribution in [3.8, 4) is 5.75 Å². The molecule has 0 fully saturated rings. The van der Waals surface area contributed by atoms with E-state index in [1.54, 1.807) is 24.4 Å². The number of H-pyrrole nitrogens is 1. The number of hydrogen-bond acceptors (Lipinski definition) is 3. The fourth-order valence-electron chi connectivity index (χ4n) is 1.41. The number of aromatic nitrogens is 1. The van der Waals surface area contributed by atoms with Gasteiger partial charge in [0.25, 0.3) is 0 Å². The lowest BCUT2D eigenvalue weighted by Gasteiger charge is -2.04. The Labute approximate surface area is 86.1 Å². The summed E-state index contributed by atoms with van der Waals surface area (Å²) in [6.45, 7) is 0.228. The average molecular weight is 205 g/mol. The minimum absolute atomic E-state index is 0.0162.